The Kier molecular flexibility index (Phi) is 3.39. The van der Waals surface area contributed by atoms with Crippen molar-refractivity contribution in [2.75, 3.05) is 0 Å². The fourth-order valence-corrected chi connectivity index (χ4v) is 3.40. The molecule has 7 heteroatoms. The summed E-state index contributed by atoms with van der Waals surface area (Å²) in [7, 11) is -4.11. The molecule has 1 fully saturated rings. The van der Waals surface area contributed by atoms with Gasteiger partial charge < -0.3 is 0 Å². The van der Waals surface area contributed by atoms with Crippen molar-refractivity contribution in [2.24, 2.45) is 0 Å². The molecule has 0 saturated heterocycles. The van der Waals surface area contributed by atoms with Crippen LogP contribution in [0.5, 0.6) is 0 Å². The highest BCUT2D eigenvalue weighted by molar-refractivity contribution is 7.86. The van der Waals surface area contributed by atoms with E-state index >= 15 is 0 Å². The molecule has 1 aliphatic carbocycles. The van der Waals surface area contributed by atoms with E-state index in [1.54, 1.807) is 0 Å². The van der Waals surface area contributed by atoms with Crippen LogP contribution in [-0.2, 0) is 10.1 Å². The molecule has 1 heterocycles. The minimum absolute atomic E-state index is 0.286. The third-order valence-electron chi connectivity index (χ3n) is 3.06. The zero-order valence-electron chi connectivity index (χ0n) is 9.08. The van der Waals surface area contributed by atoms with E-state index in [9.17, 15) is 17.4 Å². The molecule has 0 bridgehead atoms. The van der Waals surface area contributed by atoms with Crippen molar-refractivity contribution in [3.63, 3.8) is 0 Å². The molecule has 0 amide bonds. The summed E-state index contributed by atoms with van der Waals surface area (Å²) < 4.78 is 44.4. The van der Waals surface area contributed by atoms with E-state index in [0.717, 1.165) is 25.2 Å². The first kappa shape index (κ1) is 12.4. The largest absolute Gasteiger partial charge is 0.285 e. The van der Waals surface area contributed by atoms with Gasteiger partial charge in [0.05, 0.1) is 17.6 Å². The molecule has 17 heavy (non-hydrogen) atoms. The second-order valence-corrected chi connectivity index (χ2v) is 5.84. The second-order valence-electron chi connectivity index (χ2n) is 4.20. The molecule has 94 valence electrons. The van der Waals surface area contributed by atoms with Crippen LogP contribution < -0.4 is 0 Å². The van der Waals surface area contributed by atoms with Gasteiger partial charge in [-0.3, -0.25) is 4.55 Å². The van der Waals surface area contributed by atoms with Gasteiger partial charge in [0.2, 0.25) is 0 Å². The van der Waals surface area contributed by atoms with Gasteiger partial charge in [-0.2, -0.15) is 8.42 Å². The van der Waals surface area contributed by atoms with Gasteiger partial charge >= 0.3 is 0 Å². The summed E-state index contributed by atoms with van der Waals surface area (Å²) in [4.78, 5) is 7.61. The normalized spacial score (nSPS) is 25.8. The average Bonchev–Trinajstić information content (AvgIpc) is 2.29. The second kappa shape index (κ2) is 4.66. The molecule has 0 spiro atoms. The lowest BCUT2D eigenvalue weighted by molar-refractivity contribution is 0.385. The van der Waals surface area contributed by atoms with E-state index in [2.05, 4.69) is 9.97 Å². The maximum atomic E-state index is 12.7. The molecule has 2 unspecified atom stereocenters. The van der Waals surface area contributed by atoms with Crippen LogP contribution in [0.15, 0.2) is 12.4 Å². The lowest BCUT2D eigenvalue weighted by Crippen LogP contribution is -2.32. The molecule has 1 N–H and O–H groups in total. The fraction of sp³-hybridized carbons (Fsp3) is 0.600. The lowest BCUT2D eigenvalue weighted by Gasteiger charge is -2.27. The number of nitrogens with zero attached hydrogens (tertiary/aromatic N) is 2. The quantitative estimate of drug-likeness (QED) is 0.816. The van der Waals surface area contributed by atoms with Gasteiger partial charge in [0, 0.05) is 5.92 Å². The number of aromatic nitrogens is 2. The summed E-state index contributed by atoms with van der Waals surface area (Å²) in [6.07, 6.45) is 4.62. The third kappa shape index (κ3) is 2.78. The Balaban J connectivity index is 2.31. The average molecular weight is 260 g/mol. The molecule has 2 atom stereocenters. The Hall–Kier alpha value is -1.08. The summed E-state index contributed by atoms with van der Waals surface area (Å²) in [6, 6.07) is 0. The Morgan fingerprint density at radius 3 is 2.41 bits per heavy atom. The minimum atomic E-state index is -4.11. The van der Waals surface area contributed by atoms with Gasteiger partial charge in [-0.15, -0.1) is 0 Å². The van der Waals surface area contributed by atoms with Crippen molar-refractivity contribution in [1.29, 1.82) is 0 Å². The van der Waals surface area contributed by atoms with Crippen molar-refractivity contribution in [1.82, 2.24) is 9.97 Å². The minimum Gasteiger partial charge on any atom is -0.285 e. The predicted octanol–water partition coefficient (Wildman–Crippen LogP) is 1.53. The van der Waals surface area contributed by atoms with Crippen LogP contribution in [0, 0.1) is 5.82 Å². The monoisotopic (exact) mass is 260 g/mol. The summed E-state index contributed by atoms with van der Waals surface area (Å²) in [5.41, 5.74) is 0. The van der Waals surface area contributed by atoms with Crippen molar-refractivity contribution >= 4 is 10.1 Å². The summed E-state index contributed by atoms with van der Waals surface area (Å²) in [6.45, 7) is 0. The smallest absolute Gasteiger partial charge is 0.268 e. The molecule has 0 aromatic carbocycles. The maximum Gasteiger partial charge on any atom is 0.268 e. The molecular weight excluding hydrogens is 247 g/mol. The first-order valence-corrected chi connectivity index (χ1v) is 6.92. The van der Waals surface area contributed by atoms with Gasteiger partial charge in [0.25, 0.3) is 10.1 Å². The van der Waals surface area contributed by atoms with Gasteiger partial charge in [0.15, 0.2) is 5.82 Å². The Labute approximate surface area is 98.8 Å². The highest BCUT2D eigenvalue weighted by atomic mass is 32.2. The van der Waals surface area contributed by atoms with Crippen LogP contribution in [0.3, 0.4) is 0 Å². The third-order valence-corrected chi connectivity index (χ3v) is 4.39. The summed E-state index contributed by atoms with van der Waals surface area (Å²) >= 11 is 0. The summed E-state index contributed by atoms with van der Waals surface area (Å²) in [5.74, 6) is -0.721. The van der Waals surface area contributed by atoms with Gasteiger partial charge in [0.1, 0.15) is 5.82 Å². The molecular formula is C10H13FN2O3S. The highest BCUT2D eigenvalue weighted by Gasteiger charge is 2.36. The molecule has 1 aromatic heterocycles. The zero-order valence-corrected chi connectivity index (χ0v) is 9.90. The van der Waals surface area contributed by atoms with Crippen molar-refractivity contribution in [3.05, 3.63) is 24.0 Å². The Bertz CT molecular complexity index is 489. The molecule has 1 aliphatic rings. The van der Waals surface area contributed by atoms with Crippen LogP contribution in [0.25, 0.3) is 0 Å². The standard InChI is InChI=1S/C10H13FN2O3S/c11-7-5-12-10(13-6-7)8-3-1-2-4-9(8)17(14,15)16/h5-6,8-9H,1-4H2,(H,14,15,16). The van der Waals surface area contributed by atoms with E-state index in [0.29, 0.717) is 12.8 Å². The Morgan fingerprint density at radius 2 is 1.82 bits per heavy atom. The SMILES string of the molecule is O=S(=O)(O)C1CCCCC1c1ncc(F)cn1. The lowest BCUT2D eigenvalue weighted by atomic mass is 9.88. The van der Waals surface area contributed by atoms with E-state index < -0.39 is 27.1 Å². The van der Waals surface area contributed by atoms with E-state index in [1.807, 2.05) is 0 Å². The number of rotatable bonds is 2. The van der Waals surface area contributed by atoms with Crippen LogP contribution in [0.1, 0.15) is 37.4 Å². The van der Waals surface area contributed by atoms with Crippen LogP contribution in [0.2, 0.25) is 0 Å². The molecule has 5 nitrogen and oxygen atoms in total. The summed E-state index contributed by atoms with van der Waals surface area (Å²) in [5, 5.41) is -0.873. The van der Waals surface area contributed by atoms with E-state index in [1.165, 1.54) is 0 Å². The van der Waals surface area contributed by atoms with E-state index in [4.69, 9.17) is 0 Å². The first-order valence-electron chi connectivity index (χ1n) is 5.42. The van der Waals surface area contributed by atoms with E-state index in [-0.39, 0.29) is 5.82 Å². The molecule has 1 aromatic rings. The van der Waals surface area contributed by atoms with Crippen molar-refractivity contribution in [2.45, 2.75) is 36.9 Å². The maximum absolute atomic E-state index is 12.7. The van der Waals surface area contributed by atoms with Gasteiger partial charge in [-0.25, -0.2) is 14.4 Å². The highest BCUT2D eigenvalue weighted by Crippen LogP contribution is 2.34. The topological polar surface area (TPSA) is 80.2 Å². The fourth-order valence-electron chi connectivity index (χ4n) is 2.26. The molecule has 2 rings (SSSR count). The molecule has 0 aliphatic heterocycles. The number of halogens is 1. The first-order chi connectivity index (χ1) is 7.98. The van der Waals surface area contributed by atoms with Crippen LogP contribution >= 0.6 is 0 Å². The molecule has 0 radical (unpaired) electrons. The van der Waals surface area contributed by atoms with Crippen LogP contribution in [-0.4, -0.2) is 28.2 Å². The number of hydrogen-bond donors (Lipinski definition) is 1. The zero-order chi connectivity index (χ0) is 12.5. The predicted molar refractivity (Wildman–Crippen MR) is 58.5 cm³/mol. The number of hydrogen-bond acceptors (Lipinski definition) is 4. The van der Waals surface area contributed by atoms with Gasteiger partial charge in [-0.05, 0) is 12.8 Å². The van der Waals surface area contributed by atoms with Crippen molar-refractivity contribution < 1.29 is 17.4 Å². The van der Waals surface area contributed by atoms with Gasteiger partial charge in [-0.1, -0.05) is 12.8 Å². The van der Waals surface area contributed by atoms with Crippen molar-refractivity contribution in [3.8, 4) is 0 Å². The van der Waals surface area contributed by atoms with Crippen LogP contribution in [0.4, 0.5) is 4.39 Å². The Morgan fingerprint density at radius 1 is 1.24 bits per heavy atom. The molecule has 1 saturated carbocycles.